The minimum Gasteiger partial charge on any atom is -0.304 e. The highest BCUT2D eigenvalue weighted by atomic mass is 32.2. The molecule has 4 aromatic rings. The van der Waals surface area contributed by atoms with Gasteiger partial charge < -0.3 is 5.32 Å². The number of pyridine rings is 1. The molecule has 0 bridgehead atoms. The number of aryl methyl sites for hydroxylation is 2. The number of carbonyl (C=O) groups excluding carboxylic acids is 1. The highest BCUT2D eigenvalue weighted by Crippen LogP contribution is 2.40. The predicted octanol–water partition coefficient (Wildman–Crippen LogP) is 3.05. The Morgan fingerprint density at radius 1 is 1.16 bits per heavy atom. The van der Waals surface area contributed by atoms with Gasteiger partial charge in [-0.05, 0) is 30.0 Å². The number of hydrazone groups is 2. The van der Waals surface area contributed by atoms with Crippen molar-refractivity contribution in [3.63, 3.8) is 0 Å². The van der Waals surface area contributed by atoms with Crippen molar-refractivity contribution in [1.82, 2.24) is 35.0 Å². The Morgan fingerprint density at radius 3 is 2.73 bits per heavy atom. The van der Waals surface area contributed by atoms with Crippen LogP contribution in [0.3, 0.4) is 0 Å². The molecule has 0 saturated carbocycles. The summed E-state index contributed by atoms with van der Waals surface area (Å²) in [6.45, 7) is 0. The number of rotatable bonds is 4. The molecule has 1 atom stereocenters. The molecule has 0 aliphatic carbocycles. The molecule has 2 aliphatic heterocycles. The van der Waals surface area contributed by atoms with E-state index in [2.05, 4.69) is 36.1 Å². The van der Waals surface area contributed by atoms with Gasteiger partial charge in [0, 0.05) is 43.6 Å². The second kappa shape index (κ2) is 8.55. The maximum absolute atomic E-state index is 15.7. The summed E-state index contributed by atoms with van der Waals surface area (Å²) in [6, 6.07) is 7.10. The number of hydrogen-bond donors (Lipinski definition) is 2. The number of hydrogen-bond acceptors (Lipinski definition) is 9. The highest BCUT2D eigenvalue weighted by Gasteiger charge is 2.50. The number of amides is 2. The molecule has 1 unspecified atom stereocenters. The van der Waals surface area contributed by atoms with E-state index in [1.807, 2.05) is 0 Å². The zero-order valence-corrected chi connectivity index (χ0v) is 20.3. The Kier molecular flexibility index (Phi) is 5.29. The van der Waals surface area contributed by atoms with Gasteiger partial charge in [0.05, 0.1) is 29.3 Å². The van der Waals surface area contributed by atoms with Gasteiger partial charge in [0.15, 0.2) is 5.50 Å². The first-order valence-corrected chi connectivity index (χ1v) is 11.9. The molecule has 15 heteroatoms. The number of halogens is 2. The second-order valence-corrected chi connectivity index (χ2v) is 9.33. The van der Waals surface area contributed by atoms with Gasteiger partial charge in [0.2, 0.25) is 11.0 Å². The Bertz CT molecular complexity index is 1580. The average molecular weight is 524 g/mol. The van der Waals surface area contributed by atoms with Gasteiger partial charge in [0.1, 0.15) is 0 Å². The van der Waals surface area contributed by atoms with Crippen LogP contribution in [0.25, 0.3) is 10.9 Å². The lowest BCUT2D eigenvalue weighted by atomic mass is 10.0. The molecule has 6 rings (SSSR count). The molecule has 0 fully saturated rings. The summed E-state index contributed by atoms with van der Waals surface area (Å²) in [5.41, 5.74) is 3.16. The van der Waals surface area contributed by atoms with Crippen molar-refractivity contribution >= 4 is 51.1 Å². The standard InChI is InChI=1S/C22H19F2N11OS/c1-32-11-15(9-26-32)28-19(36)34(16-10-27-33(2)12-16)21-31-35-18(29-30-20(35)37-21)22(23,24)14-5-6-17-13(8-14)4-3-7-25-17/h3-12,20,30H,1-2H3,(H,28,36). The van der Waals surface area contributed by atoms with Crippen molar-refractivity contribution in [2.45, 2.75) is 11.4 Å². The largest absolute Gasteiger partial charge is 0.333 e. The van der Waals surface area contributed by atoms with Crippen molar-refractivity contribution in [3.05, 3.63) is 66.9 Å². The molecular formula is C22H19F2N11OS. The summed E-state index contributed by atoms with van der Waals surface area (Å²) in [5.74, 6) is -4.05. The maximum atomic E-state index is 15.7. The molecule has 37 heavy (non-hydrogen) atoms. The average Bonchev–Trinajstić information content (AvgIpc) is 3.65. The first-order chi connectivity index (χ1) is 17.8. The third-order valence-electron chi connectivity index (χ3n) is 5.68. The molecule has 0 saturated heterocycles. The Hall–Kier alpha value is -4.53. The molecule has 2 amide bonds. The number of nitrogens with one attached hydrogen (secondary N) is 2. The molecule has 0 radical (unpaired) electrons. The third kappa shape index (κ3) is 4.02. The van der Waals surface area contributed by atoms with Crippen LogP contribution in [0, 0.1) is 0 Å². The molecule has 1 aromatic carbocycles. The Morgan fingerprint density at radius 2 is 1.97 bits per heavy atom. The summed E-state index contributed by atoms with van der Waals surface area (Å²) in [4.78, 5) is 18.7. The maximum Gasteiger partial charge on any atom is 0.333 e. The van der Waals surface area contributed by atoms with Crippen LogP contribution in [-0.2, 0) is 20.0 Å². The molecule has 3 aromatic heterocycles. The lowest BCUT2D eigenvalue weighted by Crippen LogP contribution is -2.39. The lowest BCUT2D eigenvalue weighted by molar-refractivity contribution is 0.0624. The zero-order chi connectivity index (χ0) is 25.7. The quantitative estimate of drug-likeness (QED) is 0.422. The van der Waals surface area contributed by atoms with Crippen LogP contribution in [0.1, 0.15) is 5.56 Å². The number of nitrogens with zero attached hydrogens (tertiary/aromatic N) is 9. The van der Waals surface area contributed by atoms with Crippen molar-refractivity contribution in [2.75, 3.05) is 10.2 Å². The summed E-state index contributed by atoms with van der Waals surface area (Å²) in [6.07, 6.45) is 7.83. The minimum atomic E-state index is -3.47. The first-order valence-electron chi connectivity index (χ1n) is 11.0. The molecule has 5 heterocycles. The summed E-state index contributed by atoms with van der Waals surface area (Å²) < 4.78 is 34.5. The number of aromatic nitrogens is 5. The number of fused-ring (bicyclic) bond motifs is 2. The van der Waals surface area contributed by atoms with Crippen LogP contribution in [0.5, 0.6) is 0 Å². The number of benzene rings is 1. The van der Waals surface area contributed by atoms with E-state index in [4.69, 9.17) is 0 Å². The van der Waals surface area contributed by atoms with E-state index in [0.29, 0.717) is 22.3 Å². The van der Waals surface area contributed by atoms with E-state index in [-0.39, 0.29) is 10.7 Å². The molecule has 0 spiro atoms. The van der Waals surface area contributed by atoms with Crippen LogP contribution < -0.4 is 15.6 Å². The van der Waals surface area contributed by atoms with Gasteiger partial charge in [-0.1, -0.05) is 12.1 Å². The zero-order valence-electron chi connectivity index (χ0n) is 19.4. The normalized spacial score (nSPS) is 16.9. The Balaban J connectivity index is 1.32. The van der Waals surface area contributed by atoms with Gasteiger partial charge in [-0.15, -0.1) is 5.10 Å². The fraction of sp³-hybridized carbons (Fsp3) is 0.182. The molecule has 2 N–H and O–H groups in total. The number of urea groups is 1. The number of thioether (sulfide) groups is 1. The van der Waals surface area contributed by atoms with E-state index in [1.54, 1.807) is 55.6 Å². The smallest absolute Gasteiger partial charge is 0.304 e. The SMILES string of the molecule is Cn1cc(NC(=O)N(C2=NN3C(C(F)(F)c4ccc5ncccc5c4)=NNC3S2)c2cnn(C)c2)cn1. The highest BCUT2D eigenvalue weighted by molar-refractivity contribution is 8.15. The molecule has 188 valence electrons. The van der Waals surface area contributed by atoms with E-state index >= 15 is 8.78 Å². The monoisotopic (exact) mass is 523 g/mol. The molecule has 12 nitrogen and oxygen atoms in total. The van der Waals surface area contributed by atoms with Gasteiger partial charge >= 0.3 is 12.0 Å². The fourth-order valence-electron chi connectivity index (χ4n) is 3.94. The van der Waals surface area contributed by atoms with E-state index in [1.165, 1.54) is 34.1 Å². The summed E-state index contributed by atoms with van der Waals surface area (Å²) >= 11 is 1.07. The number of amidine groups is 2. The van der Waals surface area contributed by atoms with Crippen LogP contribution in [0.4, 0.5) is 25.0 Å². The third-order valence-corrected chi connectivity index (χ3v) is 6.68. The molecular weight excluding hydrogens is 504 g/mol. The van der Waals surface area contributed by atoms with Crippen LogP contribution >= 0.6 is 11.8 Å². The van der Waals surface area contributed by atoms with E-state index in [9.17, 15) is 4.79 Å². The van der Waals surface area contributed by atoms with Crippen molar-refractivity contribution in [3.8, 4) is 0 Å². The predicted molar refractivity (Wildman–Crippen MR) is 135 cm³/mol. The van der Waals surface area contributed by atoms with Gasteiger partial charge in [-0.3, -0.25) is 19.8 Å². The molecule has 2 aliphatic rings. The summed E-state index contributed by atoms with van der Waals surface area (Å²) in [5, 5.41) is 21.0. The summed E-state index contributed by atoms with van der Waals surface area (Å²) in [7, 11) is 3.42. The topological polar surface area (TPSA) is 121 Å². The van der Waals surface area contributed by atoms with E-state index < -0.39 is 23.3 Å². The van der Waals surface area contributed by atoms with Crippen molar-refractivity contribution in [1.29, 1.82) is 0 Å². The van der Waals surface area contributed by atoms with Gasteiger partial charge in [-0.2, -0.15) is 24.1 Å². The van der Waals surface area contributed by atoms with Crippen LogP contribution in [-0.4, -0.2) is 52.1 Å². The van der Waals surface area contributed by atoms with Gasteiger partial charge in [-0.25, -0.2) is 14.7 Å². The minimum absolute atomic E-state index is 0.165. The first kappa shape index (κ1) is 22.9. The fourth-order valence-corrected chi connectivity index (χ4v) is 4.92. The number of alkyl halides is 2. The van der Waals surface area contributed by atoms with Crippen LogP contribution in [0.2, 0.25) is 0 Å². The number of carbonyl (C=O) groups is 1. The van der Waals surface area contributed by atoms with E-state index in [0.717, 1.165) is 16.8 Å². The van der Waals surface area contributed by atoms with Gasteiger partial charge in [0.25, 0.3) is 0 Å². The second-order valence-electron chi connectivity index (χ2n) is 8.29. The van der Waals surface area contributed by atoms with Crippen molar-refractivity contribution < 1.29 is 13.6 Å². The Labute approximate surface area is 212 Å². The number of anilines is 2. The van der Waals surface area contributed by atoms with Crippen molar-refractivity contribution in [2.24, 2.45) is 24.3 Å². The van der Waals surface area contributed by atoms with Crippen LogP contribution in [0.15, 0.2) is 71.5 Å². The lowest BCUT2D eigenvalue weighted by Gasteiger charge is -2.22.